The molecule has 10 heteroatoms. The number of carbonyl (C=O) groups excluding carboxylic acids is 2. The van der Waals surface area contributed by atoms with Gasteiger partial charge in [-0.25, -0.2) is 8.42 Å². The first-order valence-electron chi connectivity index (χ1n) is 12.5. The summed E-state index contributed by atoms with van der Waals surface area (Å²) in [5.74, 6) is -0.884. The van der Waals surface area contributed by atoms with Gasteiger partial charge in [-0.1, -0.05) is 71.7 Å². The molecule has 2 amide bonds. The van der Waals surface area contributed by atoms with Gasteiger partial charge < -0.3 is 10.2 Å². The monoisotopic (exact) mass is 589 g/mol. The summed E-state index contributed by atoms with van der Waals surface area (Å²) in [6.45, 7) is 6.84. The Balaban J connectivity index is 2.00. The van der Waals surface area contributed by atoms with Crippen molar-refractivity contribution in [2.75, 3.05) is 17.4 Å². The maximum absolute atomic E-state index is 13.9. The van der Waals surface area contributed by atoms with Crippen LogP contribution >= 0.6 is 23.2 Å². The van der Waals surface area contributed by atoms with E-state index in [0.29, 0.717) is 6.42 Å². The van der Waals surface area contributed by atoms with Gasteiger partial charge in [0.25, 0.3) is 10.0 Å². The van der Waals surface area contributed by atoms with Crippen LogP contribution in [-0.4, -0.2) is 49.8 Å². The van der Waals surface area contributed by atoms with E-state index in [1.165, 1.54) is 35.2 Å². The normalized spacial score (nSPS) is 12.5. The Morgan fingerprint density at radius 3 is 1.97 bits per heavy atom. The number of carbonyl (C=O) groups is 2. The molecular formula is C29H33Cl2N3O4S. The largest absolute Gasteiger partial charge is 0.350 e. The van der Waals surface area contributed by atoms with Crippen LogP contribution in [0.3, 0.4) is 0 Å². The molecule has 208 valence electrons. The first-order chi connectivity index (χ1) is 18.3. The Hall–Kier alpha value is -3.07. The molecule has 0 radical (unpaired) electrons. The number of hydrogen-bond donors (Lipinski definition) is 1. The highest BCUT2D eigenvalue weighted by atomic mass is 35.5. The molecule has 0 fully saturated rings. The Kier molecular flexibility index (Phi) is 10.0. The van der Waals surface area contributed by atoms with Gasteiger partial charge in [-0.2, -0.15) is 0 Å². The number of nitrogens with one attached hydrogen (secondary N) is 1. The Morgan fingerprint density at radius 2 is 1.44 bits per heavy atom. The van der Waals surface area contributed by atoms with E-state index in [-0.39, 0.29) is 33.1 Å². The van der Waals surface area contributed by atoms with Gasteiger partial charge >= 0.3 is 0 Å². The van der Waals surface area contributed by atoms with Crippen LogP contribution in [0.1, 0.15) is 33.3 Å². The van der Waals surface area contributed by atoms with Crippen LogP contribution in [0, 0.1) is 0 Å². The lowest BCUT2D eigenvalue weighted by Crippen LogP contribution is -2.55. The quantitative estimate of drug-likeness (QED) is 0.335. The van der Waals surface area contributed by atoms with E-state index in [0.717, 1.165) is 9.87 Å². The fourth-order valence-corrected chi connectivity index (χ4v) is 5.91. The van der Waals surface area contributed by atoms with Gasteiger partial charge in [-0.15, -0.1) is 0 Å². The zero-order valence-electron chi connectivity index (χ0n) is 22.4. The van der Waals surface area contributed by atoms with Gasteiger partial charge in [-0.3, -0.25) is 13.9 Å². The molecule has 3 aromatic rings. The summed E-state index contributed by atoms with van der Waals surface area (Å²) < 4.78 is 28.5. The summed E-state index contributed by atoms with van der Waals surface area (Å²) in [5, 5.41) is 3.35. The molecule has 0 saturated carbocycles. The standard InChI is InChI=1S/C29H33Cl2N3O4S/c1-21(28(36)32-29(2,3)4)33(16-15-22-11-7-5-8-12-22)27(35)20-34(25-18-23(30)17-24(31)19-25)39(37,38)26-13-9-6-10-14-26/h5-14,17-19,21H,15-16,20H2,1-4H3,(H,32,36). The lowest BCUT2D eigenvalue weighted by Gasteiger charge is -2.33. The second-order valence-electron chi connectivity index (χ2n) is 10.2. The fourth-order valence-electron chi connectivity index (χ4n) is 3.98. The van der Waals surface area contributed by atoms with Gasteiger partial charge in [0.15, 0.2) is 0 Å². The van der Waals surface area contributed by atoms with Crippen LogP contribution < -0.4 is 9.62 Å². The second kappa shape index (κ2) is 12.9. The number of anilines is 1. The van der Waals surface area contributed by atoms with E-state index >= 15 is 0 Å². The number of benzene rings is 3. The summed E-state index contributed by atoms with van der Waals surface area (Å²) in [7, 11) is -4.19. The Labute approximate surface area is 240 Å². The van der Waals surface area contributed by atoms with Crippen LogP contribution in [0.5, 0.6) is 0 Å². The Morgan fingerprint density at radius 1 is 0.897 bits per heavy atom. The molecule has 1 atom stereocenters. The van der Waals surface area contributed by atoms with E-state index in [1.54, 1.807) is 25.1 Å². The van der Waals surface area contributed by atoms with Crippen LogP contribution in [-0.2, 0) is 26.0 Å². The first kappa shape index (κ1) is 30.5. The number of amides is 2. The van der Waals surface area contributed by atoms with Gasteiger partial charge in [0, 0.05) is 22.1 Å². The molecule has 0 aliphatic rings. The van der Waals surface area contributed by atoms with Crippen molar-refractivity contribution < 1.29 is 18.0 Å². The lowest BCUT2D eigenvalue weighted by molar-refractivity contribution is -0.139. The molecule has 1 unspecified atom stereocenters. The molecule has 0 aromatic heterocycles. The predicted octanol–water partition coefficient (Wildman–Crippen LogP) is 5.56. The molecule has 0 bridgehead atoms. The fraction of sp³-hybridized carbons (Fsp3) is 0.310. The van der Waals surface area contributed by atoms with Crippen molar-refractivity contribution in [3.63, 3.8) is 0 Å². The first-order valence-corrected chi connectivity index (χ1v) is 14.7. The zero-order valence-corrected chi connectivity index (χ0v) is 24.7. The molecular weight excluding hydrogens is 557 g/mol. The van der Waals surface area contributed by atoms with Crippen molar-refractivity contribution in [3.05, 3.63) is 94.5 Å². The highest BCUT2D eigenvalue weighted by Gasteiger charge is 2.33. The number of hydrogen-bond acceptors (Lipinski definition) is 4. The number of nitrogens with zero attached hydrogens (tertiary/aromatic N) is 2. The lowest BCUT2D eigenvalue weighted by atomic mass is 10.1. The summed E-state index contributed by atoms with van der Waals surface area (Å²) in [4.78, 5) is 28.4. The molecule has 0 spiro atoms. The van der Waals surface area contributed by atoms with E-state index in [4.69, 9.17) is 23.2 Å². The number of sulfonamides is 1. The van der Waals surface area contributed by atoms with Crippen LogP contribution in [0.15, 0.2) is 83.8 Å². The van der Waals surface area contributed by atoms with Crippen LogP contribution in [0.2, 0.25) is 10.0 Å². The van der Waals surface area contributed by atoms with Gasteiger partial charge in [0.2, 0.25) is 11.8 Å². The topological polar surface area (TPSA) is 86.8 Å². The minimum Gasteiger partial charge on any atom is -0.350 e. The van der Waals surface area contributed by atoms with Crippen molar-refractivity contribution in [2.24, 2.45) is 0 Å². The molecule has 3 rings (SSSR count). The third-order valence-corrected chi connectivity index (χ3v) is 8.12. The third kappa shape index (κ3) is 8.46. The van der Waals surface area contributed by atoms with Crippen LogP contribution in [0.4, 0.5) is 5.69 Å². The van der Waals surface area contributed by atoms with Gasteiger partial charge in [0.1, 0.15) is 12.6 Å². The van der Waals surface area contributed by atoms with Crippen molar-refractivity contribution in [1.29, 1.82) is 0 Å². The van der Waals surface area contributed by atoms with Crippen molar-refractivity contribution in [2.45, 2.75) is 50.6 Å². The summed E-state index contributed by atoms with van der Waals surface area (Å²) >= 11 is 12.4. The van der Waals surface area contributed by atoms with E-state index in [2.05, 4.69) is 5.32 Å². The highest BCUT2D eigenvalue weighted by molar-refractivity contribution is 7.92. The maximum atomic E-state index is 13.9. The smallest absolute Gasteiger partial charge is 0.264 e. The number of rotatable bonds is 10. The zero-order chi connectivity index (χ0) is 28.8. The van der Waals surface area contributed by atoms with E-state index in [9.17, 15) is 18.0 Å². The van der Waals surface area contributed by atoms with Crippen molar-refractivity contribution in [3.8, 4) is 0 Å². The van der Waals surface area contributed by atoms with Gasteiger partial charge in [-0.05, 0) is 70.0 Å². The molecule has 0 aliphatic heterocycles. The van der Waals surface area contributed by atoms with Crippen molar-refractivity contribution >= 4 is 50.7 Å². The highest BCUT2D eigenvalue weighted by Crippen LogP contribution is 2.30. The number of halogens is 2. The Bertz CT molecular complexity index is 1370. The average Bonchev–Trinajstić information content (AvgIpc) is 2.86. The molecule has 0 aliphatic carbocycles. The third-order valence-electron chi connectivity index (χ3n) is 5.90. The minimum atomic E-state index is -4.19. The van der Waals surface area contributed by atoms with E-state index < -0.39 is 34.1 Å². The van der Waals surface area contributed by atoms with Gasteiger partial charge in [0.05, 0.1) is 10.6 Å². The SMILES string of the molecule is CC(C(=O)NC(C)(C)C)N(CCc1ccccc1)C(=O)CN(c1cc(Cl)cc(Cl)c1)S(=O)(=O)c1ccccc1. The average molecular weight is 591 g/mol. The molecule has 3 aromatic carbocycles. The minimum absolute atomic E-state index is 0.00302. The van der Waals surface area contributed by atoms with Crippen LogP contribution in [0.25, 0.3) is 0 Å². The van der Waals surface area contributed by atoms with Crippen molar-refractivity contribution in [1.82, 2.24) is 10.2 Å². The summed E-state index contributed by atoms with van der Waals surface area (Å²) in [6, 6.07) is 20.9. The summed E-state index contributed by atoms with van der Waals surface area (Å²) in [5.41, 5.74) is 0.605. The second-order valence-corrected chi connectivity index (χ2v) is 12.9. The molecule has 7 nitrogen and oxygen atoms in total. The maximum Gasteiger partial charge on any atom is 0.264 e. The molecule has 39 heavy (non-hydrogen) atoms. The van der Waals surface area contributed by atoms with E-state index in [1.807, 2.05) is 51.1 Å². The predicted molar refractivity (Wildman–Crippen MR) is 157 cm³/mol. The molecule has 1 N–H and O–H groups in total. The molecule has 0 heterocycles. The molecule has 0 saturated heterocycles. The summed E-state index contributed by atoms with van der Waals surface area (Å²) in [6.07, 6.45) is 0.480.